The van der Waals surface area contributed by atoms with Gasteiger partial charge in [0.1, 0.15) is 5.01 Å². The summed E-state index contributed by atoms with van der Waals surface area (Å²) in [5.41, 5.74) is 3.30. The zero-order valence-corrected chi connectivity index (χ0v) is 13.9. The van der Waals surface area contributed by atoms with E-state index in [1.165, 1.54) is 5.56 Å². The molecule has 21 heavy (non-hydrogen) atoms. The molecule has 1 aromatic heterocycles. The van der Waals surface area contributed by atoms with Crippen molar-refractivity contribution in [2.45, 2.75) is 34.1 Å². The van der Waals surface area contributed by atoms with E-state index in [0.717, 1.165) is 27.7 Å². The zero-order chi connectivity index (χ0) is 15.4. The topological polar surface area (TPSA) is 42.0 Å². The minimum absolute atomic E-state index is 0.0752. The molecule has 0 unspecified atom stereocenters. The van der Waals surface area contributed by atoms with E-state index in [9.17, 15) is 4.79 Å². The lowest BCUT2D eigenvalue weighted by Gasteiger charge is -2.06. The van der Waals surface area contributed by atoms with Gasteiger partial charge in [0.05, 0.1) is 12.1 Å². The molecule has 2 aromatic rings. The number of carbonyl (C=O) groups excluding carboxylic acids is 1. The van der Waals surface area contributed by atoms with Crippen molar-refractivity contribution in [3.05, 3.63) is 40.4 Å². The van der Waals surface area contributed by atoms with Crippen molar-refractivity contribution in [3.8, 4) is 10.6 Å². The standard InChI is InChI=1S/C17H22N2OS/c1-11(2)10-18-16(20)9-15-13(4)19-17(21-15)14-7-5-6-12(3)8-14/h5-8,11H,9-10H2,1-4H3,(H,18,20). The Morgan fingerprint density at radius 2 is 2.10 bits per heavy atom. The van der Waals surface area contributed by atoms with Gasteiger partial charge in [-0.2, -0.15) is 0 Å². The predicted molar refractivity (Wildman–Crippen MR) is 88.6 cm³/mol. The summed E-state index contributed by atoms with van der Waals surface area (Å²) in [6.07, 6.45) is 0.419. The normalized spacial score (nSPS) is 10.9. The van der Waals surface area contributed by atoms with Crippen LogP contribution in [0, 0.1) is 19.8 Å². The molecule has 1 N–H and O–H groups in total. The van der Waals surface area contributed by atoms with Crippen LogP contribution < -0.4 is 5.32 Å². The molecule has 4 heteroatoms. The summed E-state index contributed by atoms with van der Waals surface area (Å²) in [6.45, 7) is 8.95. The van der Waals surface area contributed by atoms with E-state index >= 15 is 0 Å². The Kier molecular flexibility index (Phi) is 5.12. The van der Waals surface area contributed by atoms with E-state index in [-0.39, 0.29) is 5.91 Å². The predicted octanol–water partition coefficient (Wildman–Crippen LogP) is 3.74. The van der Waals surface area contributed by atoms with Gasteiger partial charge in [0.2, 0.25) is 5.91 Å². The summed E-state index contributed by atoms with van der Waals surface area (Å²) < 4.78 is 0. The van der Waals surface area contributed by atoms with Crippen molar-refractivity contribution in [3.63, 3.8) is 0 Å². The van der Waals surface area contributed by atoms with Gasteiger partial charge in [0, 0.05) is 17.0 Å². The maximum absolute atomic E-state index is 11.9. The fourth-order valence-electron chi connectivity index (χ4n) is 2.02. The average Bonchev–Trinajstić information content (AvgIpc) is 2.78. The summed E-state index contributed by atoms with van der Waals surface area (Å²) in [6, 6.07) is 8.30. The molecular formula is C17H22N2OS. The molecule has 0 aliphatic heterocycles. The van der Waals surface area contributed by atoms with E-state index in [2.05, 4.69) is 49.3 Å². The molecule has 0 radical (unpaired) electrons. The number of amides is 1. The number of aryl methyl sites for hydroxylation is 2. The number of thiazole rings is 1. The second-order valence-electron chi connectivity index (χ2n) is 5.77. The van der Waals surface area contributed by atoms with Gasteiger partial charge >= 0.3 is 0 Å². The highest BCUT2D eigenvalue weighted by Gasteiger charge is 2.13. The molecular weight excluding hydrogens is 280 g/mol. The molecule has 0 saturated carbocycles. The molecule has 0 saturated heterocycles. The number of hydrogen-bond donors (Lipinski definition) is 1. The van der Waals surface area contributed by atoms with Crippen LogP contribution in [0.4, 0.5) is 0 Å². The number of aromatic nitrogens is 1. The first kappa shape index (κ1) is 15.7. The minimum atomic E-state index is 0.0752. The molecule has 0 bridgehead atoms. The van der Waals surface area contributed by atoms with Crippen LogP contribution in [0.1, 0.15) is 30.0 Å². The van der Waals surface area contributed by atoms with Crippen LogP contribution >= 0.6 is 11.3 Å². The second-order valence-corrected chi connectivity index (χ2v) is 6.86. The number of nitrogens with one attached hydrogen (secondary N) is 1. The molecule has 0 atom stereocenters. The Morgan fingerprint density at radius 1 is 1.33 bits per heavy atom. The smallest absolute Gasteiger partial charge is 0.225 e. The molecule has 0 spiro atoms. The summed E-state index contributed by atoms with van der Waals surface area (Å²) in [7, 11) is 0. The first-order valence-electron chi connectivity index (χ1n) is 7.25. The van der Waals surface area contributed by atoms with Gasteiger partial charge in [0.25, 0.3) is 0 Å². The SMILES string of the molecule is Cc1cccc(-c2nc(C)c(CC(=O)NCC(C)C)s2)c1. The lowest BCUT2D eigenvalue weighted by Crippen LogP contribution is -2.28. The van der Waals surface area contributed by atoms with Crippen LogP contribution in [-0.4, -0.2) is 17.4 Å². The largest absolute Gasteiger partial charge is 0.356 e. The summed E-state index contributed by atoms with van der Waals surface area (Å²) >= 11 is 1.61. The zero-order valence-electron chi connectivity index (χ0n) is 13.1. The fraction of sp³-hybridized carbons (Fsp3) is 0.412. The third kappa shape index (κ3) is 4.39. The van der Waals surface area contributed by atoms with Gasteiger partial charge in [-0.3, -0.25) is 4.79 Å². The van der Waals surface area contributed by atoms with Crippen molar-refractivity contribution >= 4 is 17.2 Å². The third-order valence-corrected chi connectivity index (χ3v) is 4.39. The molecule has 0 fully saturated rings. The van der Waals surface area contributed by atoms with E-state index in [0.29, 0.717) is 12.3 Å². The van der Waals surface area contributed by atoms with Crippen LogP contribution in [0.5, 0.6) is 0 Å². The first-order valence-corrected chi connectivity index (χ1v) is 8.07. The lowest BCUT2D eigenvalue weighted by atomic mass is 10.1. The van der Waals surface area contributed by atoms with Gasteiger partial charge < -0.3 is 5.32 Å². The molecule has 2 rings (SSSR count). The number of hydrogen-bond acceptors (Lipinski definition) is 3. The van der Waals surface area contributed by atoms with E-state index in [1.54, 1.807) is 11.3 Å². The minimum Gasteiger partial charge on any atom is -0.356 e. The molecule has 1 aromatic carbocycles. The number of carbonyl (C=O) groups is 1. The Morgan fingerprint density at radius 3 is 2.76 bits per heavy atom. The van der Waals surface area contributed by atoms with Crippen LogP contribution in [0.25, 0.3) is 10.6 Å². The van der Waals surface area contributed by atoms with Crippen molar-refractivity contribution in [1.82, 2.24) is 10.3 Å². The highest BCUT2D eigenvalue weighted by molar-refractivity contribution is 7.15. The van der Waals surface area contributed by atoms with E-state index in [4.69, 9.17) is 0 Å². The Bertz CT molecular complexity index is 631. The third-order valence-electron chi connectivity index (χ3n) is 3.19. The maximum atomic E-state index is 11.9. The number of nitrogens with zero attached hydrogens (tertiary/aromatic N) is 1. The van der Waals surface area contributed by atoms with Crippen LogP contribution in [0.3, 0.4) is 0 Å². The first-order chi connectivity index (χ1) is 9.95. The molecule has 0 aliphatic carbocycles. The van der Waals surface area contributed by atoms with Crippen molar-refractivity contribution in [2.75, 3.05) is 6.54 Å². The number of benzene rings is 1. The van der Waals surface area contributed by atoms with E-state index in [1.807, 2.05) is 13.0 Å². The Balaban J connectivity index is 2.11. The monoisotopic (exact) mass is 302 g/mol. The highest BCUT2D eigenvalue weighted by Crippen LogP contribution is 2.28. The van der Waals surface area contributed by atoms with Crippen molar-refractivity contribution < 1.29 is 4.79 Å². The van der Waals surface area contributed by atoms with Crippen LogP contribution in [0.2, 0.25) is 0 Å². The van der Waals surface area contributed by atoms with Crippen molar-refractivity contribution in [1.29, 1.82) is 0 Å². The average molecular weight is 302 g/mol. The quantitative estimate of drug-likeness (QED) is 0.914. The van der Waals surface area contributed by atoms with Crippen LogP contribution in [0.15, 0.2) is 24.3 Å². The van der Waals surface area contributed by atoms with Crippen LogP contribution in [-0.2, 0) is 11.2 Å². The van der Waals surface area contributed by atoms with Gasteiger partial charge in [-0.15, -0.1) is 11.3 Å². The van der Waals surface area contributed by atoms with Crippen molar-refractivity contribution in [2.24, 2.45) is 5.92 Å². The Labute approximate surface area is 130 Å². The molecule has 1 heterocycles. The number of rotatable bonds is 5. The summed E-state index contributed by atoms with van der Waals surface area (Å²) in [5, 5.41) is 3.94. The molecule has 1 amide bonds. The van der Waals surface area contributed by atoms with E-state index < -0.39 is 0 Å². The summed E-state index contributed by atoms with van der Waals surface area (Å²) in [4.78, 5) is 17.6. The summed E-state index contributed by atoms with van der Waals surface area (Å²) in [5.74, 6) is 0.547. The second kappa shape index (κ2) is 6.85. The maximum Gasteiger partial charge on any atom is 0.225 e. The van der Waals surface area contributed by atoms with Gasteiger partial charge in [0.15, 0.2) is 0 Å². The van der Waals surface area contributed by atoms with Gasteiger partial charge in [-0.1, -0.05) is 37.6 Å². The van der Waals surface area contributed by atoms with Gasteiger partial charge in [-0.25, -0.2) is 4.98 Å². The molecule has 3 nitrogen and oxygen atoms in total. The fourth-order valence-corrected chi connectivity index (χ4v) is 3.08. The van der Waals surface area contributed by atoms with Gasteiger partial charge in [-0.05, 0) is 25.8 Å². The Hall–Kier alpha value is -1.68. The lowest BCUT2D eigenvalue weighted by molar-refractivity contribution is -0.120. The highest BCUT2D eigenvalue weighted by atomic mass is 32.1. The molecule has 112 valence electrons. The molecule has 0 aliphatic rings.